The zero-order valence-electron chi connectivity index (χ0n) is 12.9. The molecule has 0 bridgehead atoms. The second kappa shape index (κ2) is 11.1. The van der Waals surface area contributed by atoms with Gasteiger partial charge in [0.1, 0.15) is 0 Å². The van der Waals surface area contributed by atoms with Crippen molar-refractivity contribution in [2.24, 2.45) is 5.73 Å². The lowest BCUT2D eigenvalue weighted by atomic mass is 10.0. The number of nitrogens with zero attached hydrogens (tertiary/aromatic N) is 1. The van der Waals surface area contributed by atoms with Crippen LogP contribution in [0, 0.1) is 0 Å². The van der Waals surface area contributed by atoms with Gasteiger partial charge >= 0.3 is 0 Å². The second-order valence-electron chi connectivity index (χ2n) is 4.80. The predicted molar refractivity (Wildman–Crippen MR) is 82.1 cm³/mol. The zero-order chi connectivity index (χ0) is 16.2. The first-order valence-corrected chi connectivity index (χ1v) is 7.36. The Labute approximate surface area is 130 Å². The number of hydrogen-bond acceptors (Lipinski definition) is 6. The Kier molecular flexibility index (Phi) is 9.33. The summed E-state index contributed by atoms with van der Waals surface area (Å²) >= 11 is 0. The van der Waals surface area contributed by atoms with Crippen molar-refractivity contribution in [2.45, 2.75) is 25.5 Å². The Morgan fingerprint density at radius 1 is 1.32 bits per heavy atom. The second-order valence-corrected chi connectivity index (χ2v) is 4.80. The summed E-state index contributed by atoms with van der Waals surface area (Å²) in [6, 6.07) is 4.82. The number of rotatable bonds is 11. The number of carbonyl (C=O) groups excluding carboxylic acids is 1. The highest BCUT2D eigenvalue weighted by molar-refractivity contribution is 5.73. The lowest BCUT2D eigenvalue weighted by molar-refractivity contribution is -0.120. The Morgan fingerprint density at radius 2 is 2.05 bits per heavy atom. The molecule has 1 heterocycles. The molecule has 4 N–H and O–H groups in total. The van der Waals surface area contributed by atoms with E-state index in [0.717, 1.165) is 0 Å². The first-order chi connectivity index (χ1) is 10.6. The molecule has 0 radical (unpaired) electrons. The molecule has 2 atom stereocenters. The third-order valence-electron chi connectivity index (χ3n) is 2.94. The van der Waals surface area contributed by atoms with Crippen LogP contribution in [0.25, 0.3) is 0 Å². The topological polar surface area (TPSA) is 107 Å². The van der Waals surface area contributed by atoms with E-state index in [4.69, 9.17) is 15.2 Å². The number of nitrogens with two attached hydrogens (primary N) is 1. The van der Waals surface area contributed by atoms with Gasteiger partial charge in [-0.25, -0.2) is 0 Å². The highest BCUT2D eigenvalue weighted by Crippen LogP contribution is 2.17. The van der Waals surface area contributed by atoms with Crippen LogP contribution in [0.5, 0.6) is 0 Å². The fourth-order valence-electron chi connectivity index (χ4n) is 1.92. The number of hydrogen-bond donors (Lipinski definition) is 3. The van der Waals surface area contributed by atoms with Crippen molar-refractivity contribution in [3.63, 3.8) is 0 Å². The number of aliphatic hydroxyl groups excluding tert-OH is 1. The van der Waals surface area contributed by atoms with Crippen LogP contribution in [-0.2, 0) is 14.3 Å². The van der Waals surface area contributed by atoms with Gasteiger partial charge in [-0.15, -0.1) is 0 Å². The smallest absolute Gasteiger partial charge is 0.217 e. The maximum absolute atomic E-state index is 11.3. The quantitative estimate of drug-likeness (QED) is 0.497. The van der Waals surface area contributed by atoms with Crippen molar-refractivity contribution in [3.05, 3.63) is 30.1 Å². The molecule has 0 aliphatic carbocycles. The normalized spacial score (nSPS) is 13.6. The Bertz CT molecular complexity index is 417. The third-order valence-corrected chi connectivity index (χ3v) is 2.94. The molecule has 0 spiro atoms. The summed E-state index contributed by atoms with van der Waals surface area (Å²) in [5.41, 5.74) is 5.92. The standard InChI is InChI=1S/C15H25N3O4/c1-12(19)18-15(13-4-2-3-7-17-13)14(20)5-8-21-10-11-22-9-6-16/h2-4,7,14-15,20H,5-6,8-11,16H2,1H3,(H,18,19)/t14?,15-/m1/s1. The van der Waals surface area contributed by atoms with Gasteiger partial charge in [-0.3, -0.25) is 9.78 Å². The number of amides is 1. The predicted octanol–water partition coefficient (Wildman–Crippen LogP) is 0.00170. The molecule has 1 amide bonds. The van der Waals surface area contributed by atoms with Crippen LogP contribution in [0.3, 0.4) is 0 Å². The van der Waals surface area contributed by atoms with Gasteiger partial charge in [-0.1, -0.05) is 6.07 Å². The zero-order valence-corrected chi connectivity index (χ0v) is 12.9. The molecular weight excluding hydrogens is 286 g/mol. The first kappa shape index (κ1) is 18.5. The van der Waals surface area contributed by atoms with Gasteiger partial charge in [-0.05, 0) is 18.6 Å². The number of nitrogens with one attached hydrogen (secondary N) is 1. The first-order valence-electron chi connectivity index (χ1n) is 7.36. The third kappa shape index (κ3) is 7.46. The summed E-state index contributed by atoms with van der Waals surface area (Å²) in [5, 5.41) is 13.0. The van der Waals surface area contributed by atoms with Crippen LogP contribution in [0.1, 0.15) is 25.1 Å². The van der Waals surface area contributed by atoms with E-state index in [1.54, 1.807) is 18.3 Å². The summed E-state index contributed by atoms with van der Waals surface area (Å²) in [6.45, 7) is 3.70. The van der Waals surface area contributed by atoms with Crippen molar-refractivity contribution >= 4 is 5.91 Å². The van der Waals surface area contributed by atoms with Crippen molar-refractivity contribution < 1.29 is 19.4 Å². The van der Waals surface area contributed by atoms with Crippen LogP contribution >= 0.6 is 0 Å². The minimum atomic E-state index is -0.774. The molecule has 7 heteroatoms. The van der Waals surface area contributed by atoms with E-state index >= 15 is 0 Å². The van der Waals surface area contributed by atoms with Crippen LogP contribution in [-0.4, -0.2) is 55.1 Å². The van der Waals surface area contributed by atoms with Crippen molar-refractivity contribution in [1.82, 2.24) is 10.3 Å². The summed E-state index contributed by atoms with van der Waals surface area (Å²) in [6.07, 6.45) is 1.24. The van der Waals surface area contributed by atoms with E-state index in [9.17, 15) is 9.90 Å². The SMILES string of the molecule is CC(=O)N[C@H](c1ccccn1)C(O)CCOCCOCCN. The molecular formula is C15H25N3O4. The monoisotopic (exact) mass is 311 g/mol. The van der Waals surface area contributed by atoms with Gasteiger partial charge < -0.3 is 25.6 Å². The average molecular weight is 311 g/mol. The van der Waals surface area contributed by atoms with Crippen molar-refractivity contribution in [2.75, 3.05) is 33.0 Å². The van der Waals surface area contributed by atoms with E-state index in [2.05, 4.69) is 10.3 Å². The number of aromatic nitrogens is 1. The van der Waals surface area contributed by atoms with Gasteiger partial charge in [-0.2, -0.15) is 0 Å². The van der Waals surface area contributed by atoms with Crippen LogP contribution < -0.4 is 11.1 Å². The number of ether oxygens (including phenoxy) is 2. The van der Waals surface area contributed by atoms with Gasteiger partial charge in [0.25, 0.3) is 0 Å². The van der Waals surface area contributed by atoms with E-state index in [-0.39, 0.29) is 5.91 Å². The van der Waals surface area contributed by atoms with Gasteiger partial charge in [0.15, 0.2) is 0 Å². The maximum Gasteiger partial charge on any atom is 0.217 e. The van der Waals surface area contributed by atoms with Gasteiger partial charge in [0.2, 0.25) is 5.91 Å². The molecule has 22 heavy (non-hydrogen) atoms. The van der Waals surface area contributed by atoms with E-state index in [1.807, 2.05) is 6.07 Å². The number of pyridine rings is 1. The summed E-state index contributed by atoms with van der Waals surface area (Å²) < 4.78 is 10.6. The molecule has 0 saturated carbocycles. The molecule has 1 aromatic heterocycles. The van der Waals surface area contributed by atoms with Crippen molar-refractivity contribution in [1.29, 1.82) is 0 Å². The molecule has 0 aliphatic heterocycles. The Balaban J connectivity index is 2.38. The molecule has 0 aromatic carbocycles. The molecule has 1 unspecified atom stereocenters. The lowest BCUT2D eigenvalue weighted by Crippen LogP contribution is -2.36. The summed E-state index contributed by atoms with van der Waals surface area (Å²) in [4.78, 5) is 15.5. The van der Waals surface area contributed by atoms with E-state index in [1.165, 1.54) is 6.92 Å². The minimum absolute atomic E-state index is 0.217. The number of carbonyl (C=O) groups is 1. The maximum atomic E-state index is 11.3. The Morgan fingerprint density at radius 3 is 2.64 bits per heavy atom. The largest absolute Gasteiger partial charge is 0.390 e. The molecule has 0 fully saturated rings. The average Bonchev–Trinajstić information content (AvgIpc) is 2.52. The highest BCUT2D eigenvalue weighted by atomic mass is 16.5. The Hall–Kier alpha value is -1.54. The van der Waals surface area contributed by atoms with Gasteiger partial charge in [0.05, 0.1) is 37.7 Å². The number of aliphatic hydroxyl groups is 1. The fourth-order valence-corrected chi connectivity index (χ4v) is 1.92. The summed E-state index contributed by atoms with van der Waals surface area (Å²) in [5.74, 6) is -0.217. The molecule has 0 aliphatic rings. The highest BCUT2D eigenvalue weighted by Gasteiger charge is 2.22. The van der Waals surface area contributed by atoms with Crippen LogP contribution in [0.4, 0.5) is 0 Å². The van der Waals surface area contributed by atoms with Gasteiger partial charge in [0, 0.05) is 26.3 Å². The molecule has 7 nitrogen and oxygen atoms in total. The molecule has 1 rings (SSSR count). The minimum Gasteiger partial charge on any atom is -0.390 e. The van der Waals surface area contributed by atoms with E-state index < -0.39 is 12.1 Å². The van der Waals surface area contributed by atoms with Crippen molar-refractivity contribution in [3.8, 4) is 0 Å². The molecule has 1 aromatic rings. The van der Waals surface area contributed by atoms with Crippen LogP contribution in [0.15, 0.2) is 24.4 Å². The van der Waals surface area contributed by atoms with E-state index in [0.29, 0.717) is 45.1 Å². The molecule has 0 saturated heterocycles. The van der Waals surface area contributed by atoms with Crippen LogP contribution in [0.2, 0.25) is 0 Å². The fraction of sp³-hybridized carbons (Fsp3) is 0.600. The summed E-state index contributed by atoms with van der Waals surface area (Å²) in [7, 11) is 0. The molecule has 124 valence electrons. The lowest BCUT2D eigenvalue weighted by Gasteiger charge is -2.23.